The van der Waals surface area contributed by atoms with Crippen LogP contribution >= 0.6 is 0 Å². The van der Waals surface area contributed by atoms with Crippen LogP contribution in [0.3, 0.4) is 0 Å². The quantitative estimate of drug-likeness (QED) is 0.656. The van der Waals surface area contributed by atoms with Crippen LogP contribution in [0.2, 0.25) is 0 Å². The fourth-order valence-electron chi connectivity index (χ4n) is 4.07. The number of carbonyl (C=O) groups excluding carboxylic acids is 3. The molecule has 1 fully saturated rings. The van der Waals surface area contributed by atoms with E-state index >= 15 is 0 Å². The maximum atomic E-state index is 12.9. The Morgan fingerprint density at radius 3 is 2.66 bits per heavy atom. The van der Waals surface area contributed by atoms with E-state index in [1.54, 1.807) is 37.9 Å². The predicted octanol–water partition coefficient (Wildman–Crippen LogP) is 2.36. The van der Waals surface area contributed by atoms with E-state index in [9.17, 15) is 14.4 Å². The number of ether oxygens (including phenoxy) is 1. The maximum Gasteiger partial charge on any atom is 0.428 e. The van der Waals surface area contributed by atoms with Crippen LogP contribution in [0, 0.1) is 17.2 Å². The zero-order valence-corrected chi connectivity index (χ0v) is 21.0. The smallest absolute Gasteiger partial charge is 0.428 e. The molecule has 0 bridgehead atoms. The van der Waals surface area contributed by atoms with Crippen LogP contribution < -0.4 is 10.3 Å². The molecule has 0 unspecified atom stereocenters. The molecule has 0 aromatic carbocycles. The summed E-state index contributed by atoms with van der Waals surface area (Å²) in [7, 11) is 3.30. The van der Waals surface area contributed by atoms with Gasteiger partial charge in [0.15, 0.2) is 5.65 Å². The molecule has 3 heterocycles. The fraction of sp³-hybridized carbons (Fsp3) is 0.565. The number of nitrogens with zero attached hydrogens (tertiary/aromatic N) is 7. The number of amides is 3. The van der Waals surface area contributed by atoms with Crippen LogP contribution in [0.5, 0.6) is 0 Å². The van der Waals surface area contributed by atoms with Crippen molar-refractivity contribution in [2.45, 2.75) is 52.2 Å². The van der Waals surface area contributed by atoms with Gasteiger partial charge in [-0.3, -0.25) is 9.36 Å². The molecule has 12 nitrogen and oxygen atoms in total. The lowest BCUT2D eigenvalue weighted by Gasteiger charge is -2.42. The number of anilines is 1. The van der Waals surface area contributed by atoms with E-state index in [1.165, 1.54) is 17.9 Å². The molecule has 1 aliphatic rings. The van der Waals surface area contributed by atoms with Gasteiger partial charge in [-0.2, -0.15) is 5.26 Å². The minimum absolute atomic E-state index is 0.0278. The van der Waals surface area contributed by atoms with E-state index in [1.807, 2.05) is 18.0 Å². The highest BCUT2D eigenvalue weighted by Gasteiger charge is 2.33. The van der Waals surface area contributed by atoms with Crippen molar-refractivity contribution in [3.05, 3.63) is 18.6 Å². The van der Waals surface area contributed by atoms with E-state index in [0.717, 1.165) is 11.4 Å². The van der Waals surface area contributed by atoms with Crippen molar-refractivity contribution in [1.29, 1.82) is 5.26 Å². The first-order valence-corrected chi connectivity index (χ1v) is 11.4. The van der Waals surface area contributed by atoms with Crippen LogP contribution in [0.4, 0.5) is 15.4 Å². The van der Waals surface area contributed by atoms with E-state index in [4.69, 9.17) is 10.00 Å². The summed E-state index contributed by atoms with van der Waals surface area (Å²) in [6, 6.07) is 3.05. The minimum atomic E-state index is -0.700. The number of carbonyl (C=O) groups is 3. The van der Waals surface area contributed by atoms with Crippen LogP contribution in [0.1, 0.15) is 40.5 Å². The molecule has 2 aromatic rings. The highest BCUT2D eigenvalue weighted by atomic mass is 16.6. The van der Waals surface area contributed by atoms with Gasteiger partial charge in [0.25, 0.3) is 0 Å². The van der Waals surface area contributed by atoms with Crippen molar-refractivity contribution in [3.8, 4) is 6.07 Å². The van der Waals surface area contributed by atoms with Crippen molar-refractivity contribution in [2.24, 2.45) is 5.92 Å². The monoisotopic (exact) mass is 484 g/mol. The van der Waals surface area contributed by atoms with Gasteiger partial charge in [-0.15, -0.1) is 0 Å². The first-order valence-electron chi connectivity index (χ1n) is 11.4. The topological polar surface area (TPSA) is 137 Å². The first-order chi connectivity index (χ1) is 16.4. The summed E-state index contributed by atoms with van der Waals surface area (Å²) in [5, 5.41) is 10.5. The first kappa shape index (κ1) is 25.7. The third-order valence-corrected chi connectivity index (χ3v) is 5.94. The van der Waals surface area contributed by atoms with Gasteiger partial charge < -0.3 is 14.5 Å². The second-order valence-corrected chi connectivity index (χ2v) is 9.70. The van der Waals surface area contributed by atoms with Crippen molar-refractivity contribution in [1.82, 2.24) is 29.9 Å². The van der Waals surface area contributed by atoms with Gasteiger partial charge in [-0.25, -0.2) is 30.0 Å². The summed E-state index contributed by atoms with van der Waals surface area (Å²) in [4.78, 5) is 49.8. The molecule has 0 spiro atoms. The summed E-state index contributed by atoms with van der Waals surface area (Å²) in [5.74, 6) is 0.722. The second-order valence-electron chi connectivity index (χ2n) is 9.70. The lowest BCUT2D eigenvalue weighted by Crippen LogP contribution is -2.52. The van der Waals surface area contributed by atoms with E-state index in [0.29, 0.717) is 29.9 Å². The Hall–Kier alpha value is -3.88. The third kappa shape index (κ3) is 5.79. The van der Waals surface area contributed by atoms with Gasteiger partial charge in [-0.05, 0) is 39.2 Å². The summed E-state index contributed by atoms with van der Waals surface area (Å²) < 4.78 is 6.55. The number of rotatable bonds is 3. The van der Waals surface area contributed by atoms with Gasteiger partial charge in [0.05, 0.1) is 17.5 Å². The summed E-state index contributed by atoms with van der Waals surface area (Å²) in [5.41, 5.74) is 2.16. The van der Waals surface area contributed by atoms with Crippen molar-refractivity contribution < 1.29 is 19.1 Å². The largest absolute Gasteiger partial charge is 0.442 e. The van der Waals surface area contributed by atoms with Crippen LogP contribution in [-0.2, 0) is 9.53 Å². The lowest BCUT2D eigenvalue weighted by molar-refractivity contribution is -0.131. The maximum absolute atomic E-state index is 12.9. The van der Waals surface area contributed by atoms with Gasteiger partial charge in [0, 0.05) is 33.4 Å². The average Bonchev–Trinajstić information content (AvgIpc) is 3.22. The average molecular weight is 485 g/mol. The Balaban J connectivity index is 1.81. The van der Waals surface area contributed by atoms with E-state index in [-0.39, 0.29) is 24.3 Å². The van der Waals surface area contributed by atoms with Crippen LogP contribution in [0.15, 0.2) is 18.6 Å². The van der Waals surface area contributed by atoms with Crippen LogP contribution in [-0.4, -0.2) is 81.3 Å². The number of piperidine rings is 1. The van der Waals surface area contributed by atoms with Gasteiger partial charge in [-0.1, -0.05) is 6.92 Å². The number of likely N-dealkylation sites (tertiary alicyclic amines) is 1. The van der Waals surface area contributed by atoms with Crippen LogP contribution in [0.25, 0.3) is 11.0 Å². The normalized spacial score (nSPS) is 18.0. The number of hydrazine groups is 1. The highest BCUT2D eigenvalue weighted by molar-refractivity contribution is 5.95. The molecule has 1 aliphatic heterocycles. The number of hydrogen-bond acceptors (Lipinski definition) is 8. The highest BCUT2D eigenvalue weighted by Crippen LogP contribution is 2.29. The Morgan fingerprint density at radius 2 is 2.00 bits per heavy atom. The molecule has 0 radical (unpaired) electrons. The van der Waals surface area contributed by atoms with E-state index in [2.05, 4.69) is 22.3 Å². The molecular formula is C23H32N8O4. The molecule has 35 heavy (non-hydrogen) atoms. The molecule has 2 atom stereocenters. The van der Waals surface area contributed by atoms with Gasteiger partial charge >= 0.3 is 12.1 Å². The van der Waals surface area contributed by atoms with Gasteiger partial charge in [0.1, 0.15) is 24.2 Å². The van der Waals surface area contributed by atoms with Crippen molar-refractivity contribution in [3.63, 3.8) is 0 Å². The number of fused-ring (bicyclic) bond motifs is 1. The molecule has 3 rings (SSSR count). The molecule has 12 heteroatoms. The third-order valence-electron chi connectivity index (χ3n) is 5.94. The molecule has 188 valence electrons. The summed E-state index contributed by atoms with van der Waals surface area (Å²) >= 11 is 0. The SMILES string of the molecule is C[C@@H]1CCN(C(=O)CC#N)C[C@@H]1N(C)c1ncnc2c1ccn2C(=O)NN(C)C(=O)OC(C)(C)C. The number of aromatic nitrogens is 3. The molecule has 0 aliphatic carbocycles. The van der Waals surface area contributed by atoms with Gasteiger partial charge in [0.2, 0.25) is 5.91 Å². The lowest BCUT2D eigenvalue weighted by atomic mass is 9.92. The fourth-order valence-corrected chi connectivity index (χ4v) is 4.07. The zero-order chi connectivity index (χ0) is 25.9. The minimum Gasteiger partial charge on any atom is -0.442 e. The Labute approximate surface area is 204 Å². The molecule has 3 amide bonds. The Morgan fingerprint density at radius 1 is 1.29 bits per heavy atom. The van der Waals surface area contributed by atoms with E-state index < -0.39 is 17.7 Å². The summed E-state index contributed by atoms with van der Waals surface area (Å²) in [6.07, 6.45) is 2.90. The number of likely N-dealkylation sites (N-methyl/N-ethyl adjacent to an activating group) is 1. The Kier molecular flexibility index (Phi) is 7.48. The molecule has 2 aromatic heterocycles. The predicted molar refractivity (Wildman–Crippen MR) is 128 cm³/mol. The number of hydrogen-bond donors (Lipinski definition) is 1. The zero-order valence-electron chi connectivity index (χ0n) is 21.0. The molecule has 1 saturated heterocycles. The Bertz CT molecular complexity index is 1150. The summed E-state index contributed by atoms with van der Waals surface area (Å²) in [6.45, 7) is 8.43. The van der Waals surface area contributed by atoms with Crippen molar-refractivity contribution >= 4 is 34.9 Å². The standard InChI is InChI=1S/C23H32N8O4/c1-15-8-11-30(18(32)7-10-24)13-17(15)28(5)19-16-9-12-31(20(16)26-14-25-19)21(33)27-29(6)22(34)35-23(2,3)4/h9,12,14-15,17H,7-8,11,13H2,1-6H3,(H,27,33)/t15-,17+/m1/s1. The van der Waals surface area contributed by atoms with Crippen molar-refractivity contribution in [2.75, 3.05) is 32.1 Å². The molecule has 1 N–H and O–H groups in total. The molecular weight excluding hydrogens is 452 g/mol. The molecule has 0 saturated carbocycles. The number of nitriles is 1. The second kappa shape index (κ2) is 10.2. The number of nitrogens with one attached hydrogen (secondary N) is 1.